The molecule has 0 fully saturated rings. The molecular weight excluding hydrogens is 120 g/mol. The Kier molecular flexibility index (Phi) is 4.82. The Labute approximate surface area is 53.9 Å². The maximum Gasteiger partial charge on any atom is 0.293 e. The Morgan fingerprint density at radius 3 is 2.89 bits per heavy atom. The van der Waals surface area contributed by atoms with Gasteiger partial charge in [-0.15, -0.1) is 0 Å². The Morgan fingerprint density at radius 2 is 2.44 bits per heavy atom. The first kappa shape index (κ1) is 8.17. The van der Waals surface area contributed by atoms with Crippen molar-refractivity contribution in [3.05, 3.63) is 12.2 Å². The second kappa shape index (κ2) is 5.31. The SMILES string of the molecule is CC(O)/C=C/COC=O. The van der Waals surface area contributed by atoms with Crippen LogP contribution in [-0.4, -0.2) is 24.3 Å². The Morgan fingerprint density at radius 1 is 1.78 bits per heavy atom. The Bertz CT molecular complexity index is 96.5. The monoisotopic (exact) mass is 130 g/mol. The van der Waals surface area contributed by atoms with Crippen LogP contribution in [0.5, 0.6) is 0 Å². The first-order valence-electron chi connectivity index (χ1n) is 2.67. The van der Waals surface area contributed by atoms with Crippen molar-refractivity contribution in [1.82, 2.24) is 0 Å². The van der Waals surface area contributed by atoms with Crippen LogP contribution in [-0.2, 0) is 9.53 Å². The van der Waals surface area contributed by atoms with E-state index >= 15 is 0 Å². The van der Waals surface area contributed by atoms with Gasteiger partial charge >= 0.3 is 0 Å². The van der Waals surface area contributed by atoms with Gasteiger partial charge in [-0.25, -0.2) is 0 Å². The van der Waals surface area contributed by atoms with Crippen molar-refractivity contribution in [3.63, 3.8) is 0 Å². The van der Waals surface area contributed by atoms with Gasteiger partial charge in [-0.1, -0.05) is 6.08 Å². The quantitative estimate of drug-likeness (QED) is 0.333. The normalized spacial score (nSPS) is 13.6. The van der Waals surface area contributed by atoms with Crippen LogP contribution >= 0.6 is 0 Å². The van der Waals surface area contributed by atoms with E-state index in [0.717, 1.165) is 0 Å². The third-order valence-corrected chi connectivity index (χ3v) is 0.675. The number of rotatable bonds is 4. The largest absolute Gasteiger partial charge is 0.464 e. The summed E-state index contributed by atoms with van der Waals surface area (Å²) in [6.07, 6.45) is 2.66. The molecule has 0 bridgehead atoms. The first-order valence-corrected chi connectivity index (χ1v) is 2.67. The maximum atomic E-state index is 9.53. The lowest BCUT2D eigenvalue weighted by atomic mass is 10.4. The van der Waals surface area contributed by atoms with E-state index in [4.69, 9.17) is 5.11 Å². The summed E-state index contributed by atoms with van der Waals surface area (Å²) in [5.74, 6) is 0. The van der Waals surface area contributed by atoms with Crippen molar-refractivity contribution in [2.24, 2.45) is 0 Å². The van der Waals surface area contributed by atoms with Gasteiger partial charge in [-0.2, -0.15) is 0 Å². The van der Waals surface area contributed by atoms with Crippen LogP contribution in [0, 0.1) is 0 Å². The second-order valence-electron chi connectivity index (χ2n) is 1.60. The zero-order valence-electron chi connectivity index (χ0n) is 5.28. The third kappa shape index (κ3) is 7.17. The molecule has 0 spiro atoms. The van der Waals surface area contributed by atoms with Crippen molar-refractivity contribution in [3.8, 4) is 0 Å². The molecule has 1 atom stereocenters. The predicted molar refractivity (Wildman–Crippen MR) is 32.8 cm³/mol. The fourth-order valence-electron chi connectivity index (χ4n) is 0.347. The van der Waals surface area contributed by atoms with E-state index in [0.29, 0.717) is 6.47 Å². The summed E-state index contributed by atoms with van der Waals surface area (Å²) in [6.45, 7) is 2.22. The smallest absolute Gasteiger partial charge is 0.293 e. The van der Waals surface area contributed by atoms with E-state index in [2.05, 4.69) is 4.74 Å². The van der Waals surface area contributed by atoms with Gasteiger partial charge < -0.3 is 9.84 Å². The molecule has 52 valence electrons. The van der Waals surface area contributed by atoms with E-state index < -0.39 is 6.10 Å². The summed E-state index contributed by atoms with van der Waals surface area (Å²) in [4.78, 5) is 9.53. The highest BCUT2D eigenvalue weighted by Crippen LogP contribution is 1.81. The van der Waals surface area contributed by atoms with Gasteiger partial charge in [0.1, 0.15) is 6.61 Å². The molecule has 0 aliphatic carbocycles. The van der Waals surface area contributed by atoms with Crippen LogP contribution in [0.3, 0.4) is 0 Å². The standard InChI is InChI=1S/C6H10O3/c1-6(8)3-2-4-9-5-7/h2-3,5-6,8H,4H2,1H3/b3-2+. The molecule has 0 aromatic carbocycles. The van der Waals surface area contributed by atoms with Gasteiger partial charge in [0.15, 0.2) is 0 Å². The Hall–Kier alpha value is -0.830. The zero-order valence-corrected chi connectivity index (χ0v) is 5.28. The average molecular weight is 130 g/mol. The molecule has 3 heteroatoms. The summed E-state index contributed by atoms with van der Waals surface area (Å²) in [5, 5.41) is 8.62. The summed E-state index contributed by atoms with van der Waals surface area (Å²) in [7, 11) is 0. The number of aliphatic hydroxyl groups excluding tert-OH is 1. The second-order valence-corrected chi connectivity index (χ2v) is 1.60. The van der Waals surface area contributed by atoms with Crippen LogP contribution in [0.2, 0.25) is 0 Å². The molecule has 0 aromatic rings. The fraction of sp³-hybridized carbons (Fsp3) is 0.500. The van der Waals surface area contributed by atoms with Crippen LogP contribution in [0.25, 0.3) is 0 Å². The molecule has 0 rings (SSSR count). The lowest BCUT2D eigenvalue weighted by Crippen LogP contribution is -1.94. The van der Waals surface area contributed by atoms with Crippen LogP contribution in [0.15, 0.2) is 12.2 Å². The molecule has 0 radical (unpaired) electrons. The van der Waals surface area contributed by atoms with Crippen molar-refractivity contribution >= 4 is 6.47 Å². The lowest BCUT2D eigenvalue weighted by Gasteiger charge is -1.92. The zero-order chi connectivity index (χ0) is 7.11. The van der Waals surface area contributed by atoms with E-state index in [-0.39, 0.29) is 6.61 Å². The highest BCUT2D eigenvalue weighted by molar-refractivity contribution is 5.37. The molecule has 0 aromatic heterocycles. The molecule has 0 aliphatic rings. The fourth-order valence-corrected chi connectivity index (χ4v) is 0.347. The molecule has 3 nitrogen and oxygen atoms in total. The number of aliphatic hydroxyl groups is 1. The van der Waals surface area contributed by atoms with Gasteiger partial charge in [0.25, 0.3) is 6.47 Å². The summed E-state index contributed by atoms with van der Waals surface area (Å²) in [6, 6.07) is 0. The van der Waals surface area contributed by atoms with Gasteiger partial charge in [0.2, 0.25) is 0 Å². The highest BCUT2D eigenvalue weighted by Gasteiger charge is 1.82. The van der Waals surface area contributed by atoms with Crippen LogP contribution < -0.4 is 0 Å². The number of carbonyl (C=O) groups is 1. The molecule has 9 heavy (non-hydrogen) atoms. The lowest BCUT2D eigenvalue weighted by molar-refractivity contribution is -0.127. The number of hydrogen-bond donors (Lipinski definition) is 1. The van der Waals surface area contributed by atoms with E-state index in [1.807, 2.05) is 0 Å². The van der Waals surface area contributed by atoms with Crippen molar-refractivity contribution in [1.29, 1.82) is 0 Å². The minimum atomic E-state index is -0.472. The van der Waals surface area contributed by atoms with Gasteiger partial charge in [0, 0.05) is 0 Å². The van der Waals surface area contributed by atoms with Gasteiger partial charge in [-0.05, 0) is 13.0 Å². The van der Waals surface area contributed by atoms with E-state index in [9.17, 15) is 4.79 Å². The van der Waals surface area contributed by atoms with Crippen molar-refractivity contribution < 1.29 is 14.6 Å². The Balaban J connectivity index is 3.14. The summed E-state index contributed by atoms with van der Waals surface area (Å²) < 4.78 is 4.31. The highest BCUT2D eigenvalue weighted by atomic mass is 16.5. The topological polar surface area (TPSA) is 46.5 Å². The number of carbonyl (C=O) groups excluding carboxylic acids is 1. The minimum Gasteiger partial charge on any atom is -0.464 e. The molecule has 0 saturated heterocycles. The molecular formula is C6H10O3. The van der Waals surface area contributed by atoms with Crippen molar-refractivity contribution in [2.45, 2.75) is 13.0 Å². The summed E-state index contributed by atoms with van der Waals surface area (Å²) in [5.41, 5.74) is 0. The average Bonchev–Trinajstić information content (AvgIpc) is 1.80. The number of hydrogen-bond acceptors (Lipinski definition) is 3. The minimum absolute atomic E-state index is 0.231. The predicted octanol–water partition coefficient (Wildman–Crippen LogP) is 0.0964. The van der Waals surface area contributed by atoms with Gasteiger partial charge in [-0.3, -0.25) is 4.79 Å². The third-order valence-electron chi connectivity index (χ3n) is 0.675. The molecule has 0 saturated carbocycles. The molecule has 0 amide bonds. The number of ether oxygens (including phenoxy) is 1. The molecule has 1 unspecified atom stereocenters. The van der Waals surface area contributed by atoms with Crippen LogP contribution in [0.4, 0.5) is 0 Å². The van der Waals surface area contributed by atoms with E-state index in [1.165, 1.54) is 0 Å². The molecule has 0 heterocycles. The summed E-state index contributed by atoms with van der Waals surface area (Å²) >= 11 is 0. The van der Waals surface area contributed by atoms with E-state index in [1.54, 1.807) is 19.1 Å². The van der Waals surface area contributed by atoms with Crippen molar-refractivity contribution in [2.75, 3.05) is 6.61 Å². The maximum absolute atomic E-state index is 9.53. The molecule has 0 aliphatic heterocycles. The van der Waals surface area contributed by atoms with Crippen LogP contribution in [0.1, 0.15) is 6.92 Å². The van der Waals surface area contributed by atoms with Gasteiger partial charge in [0.05, 0.1) is 6.10 Å². The first-order chi connectivity index (χ1) is 4.27. The molecule has 1 N–H and O–H groups in total.